The van der Waals surface area contributed by atoms with Crippen LogP contribution in [0.3, 0.4) is 0 Å². The van der Waals surface area contributed by atoms with E-state index < -0.39 is 17.4 Å². The van der Waals surface area contributed by atoms with Crippen LogP contribution >= 0.6 is 0 Å². The summed E-state index contributed by atoms with van der Waals surface area (Å²) in [6.07, 6.45) is 6.98. The summed E-state index contributed by atoms with van der Waals surface area (Å²) >= 11 is 0. The molecule has 1 N–H and O–H groups in total. The lowest BCUT2D eigenvalue weighted by Gasteiger charge is -2.39. The molecule has 1 aliphatic carbocycles. The van der Waals surface area contributed by atoms with Gasteiger partial charge in [-0.05, 0) is 29.2 Å². The molecule has 3 rings (SSSR count). The van der Waals surface area contributed by atoms with Crippen molar-refractivity contribution in [2.24, 2.45) is 0 Å². The molecule has 0 unspecified atom stereocenters. The van der Waals surface area contributed by atoms with E-state index in [-0.39, 0.29) is 6.42 Å². The van der Waals surface area contributed by atoms with Gasteiger partial charge in [-0.2, -0.15) is 0 Å². The van der Waals surface area contributed by atoms with Gasteiger partial charge in [0.2, 0.25) is 0 Å². The molecular weight excluding hydrogens is 380 g/mol. The van der Waals surface area contributed by atoms with Crippen LogP contribution in [0.4, 0.5) is 0 Å². The number of methoxy groups -OCH3 is 2. The van der Waals surface area contributed by atoms with Gasteiger partial charge < -0.3 is 19.3 Å². The van der Waals surface area contributed by atoms with E-state index in [9.17, 15) is 4.79 Å². The highest BCUT2D eigenvalue weighted by molar-refractivity contribution is 5.66. The van der Waals surface area contributed by atoms with E-state index in [0.717, 1.165) is 16.7 Å². The minimum atomic E-state index is -0.870. The number of ether oxygens (including phenoxy) is 3. The highest BCUT2D eigenvalue weighted by atomic mass is 16.7. The Balaban J connectivity index is 2.08. The van der Waals surface area contributed by atoms with Crippen LogP contribution in [-0.4, -0.2) is 37.7 Å². The van der Waals surface area contributed by atoms with Gasteiger partial charge in [-0.15, -0.1) is 0 Å². The van der Waals surface area contributed by atoms with Crippen LogP contribution in [0.2, 0.25) is 0 Å². The Morgan fingerprint density at radius 3 is 2.00 bits per heavy atom. The van der Waals surface area contributed by atoms with Crippen molar-refractivity contribution in [3.05, 3.63) is 95.6 Å². The highest BCUT2D eigenvalue weighted by Gasteiger charge is 2.41. The summed E-state index contributed by atoms with van der Waals surface area (Å²) in [5.41, 5.74) is 2.04. The lowest BCUT2D eigenvalue weighted by molar-refractivity contribution is -0.168. The molecule has 158 valence electrons. The van der Waals surface area contributed by atoms with E-state index in [1.54, 1.807) is 14.2 Å². The van der Waals surface area contributed by atoms with Crippen LogP contribution in [-0.2, 0) is 24.6 Å². The summed E-state index contributed by atoms with van der Waals surface area (Å²) < 4.78 is 17.7. The summed E-state index contributed by atoms with van der Waals surface area (Å²) in [4.78, 5) is 11.0. The van der Waals surface area contributed by atoms with E-state index in [4.69, 9.17) is 19.3 Å². The SMILES string of the molecule is COC1(OC)C=CC(C(OCCCC(=O)O)(c2ccccc2)c2ccccc2)=CC1. The van der Waals surface area contributed by atoms with E-state index >= 15 is 0 Å². The molecule has 0 saturated heterocycles. The smallest absolute Gasteiger partial charge is 0.303 e. The van der Waals surface area contributed by atoms with Crippen molar-refractivity contribution in [1.82, 2.24) is 0 Å². The van der Waals surface area contributed by atoms with Crippen LogP contribution in [0.15, 0.2) is 84.5 Å². The highest BCUT2D eigenvalue weighted by Crippen LogP contribution is 2.44. The summed E-state index contributed by atoms with van der Waals surface area (Å²) in [5.74, 6) is -1.63. The van der Waals surface area contributed by atoms with E-state index in [1.807, 2.05) is 72.8 Å². The van der Waals surface area contributed by atoms with Gasteiger partial charge >= 0.3 is 5.97 Å². The maximum absolute atomic E-state index is 11.0. The van der Waals surface area contributed by atoms with Crippen LogP contribution in [0.5, 0.6) is 0 Å². The number of hydrogen-bond donors (Lipinski definition) is 1. The summed E-state index contributed by atoms with van der Waals surface area (Å²) in [5, 5.41) is 9.03. The monoisotopic (exact) mass is 408 g/mol. The molecule has 0 radical (unpaired) electrons. The largest absolute Gasteiger partial charge is 0.481 e. The van der Waals surface area contributed by atoms with Gasteiger partial charge in [-0.1, -0.05) is 72.8 Å². The Labute approximate surface area is 177 Å². The predicted molar refractivity (Wildman–Crippen MR) is 115 cm³/mol. The molecule has 0 atom stereocenters. The Kier molecular flexibility index (Phi) is 7.21. The van der Waals surface area contributed by atoms with E-state index in [0.29, 0.717) is 19.4 Å². The third-order valence-electron chi connectivity index (χ3n) is 5.44. The molecular formula is C25H28O5. The molecule has 30 heavy (non-hydrogen) atoms. The molecule has 0 bridgehead atoms. The zero-order valence-electron chi connectivity index (χ0n) is 17.4. The average molecular weight is 408 g/mol. The molecule has 0 aliphatic heterocycles. The van der Waals surface area contributed by atoms with Crippen LogP contribution in [0, 0.1) is 0 Å². The number of carbonyl (C=O) groups is 1. The van der Waals surface area contributed by atoms with Crippen molar-refractivity contribution < 1.29 is 24.1 Å². The number of benzene rings is 2. The third kappa shape index (κ3) is 4.54. The Hall–Kier alpha value is -2.73. The minimum Gasteiger partial charge on any atom is -0.481 e. The molecule has 1 aliphatic rings. The average Bonchev–Trinajstić information content (AvgIpc) is 2.80. The van der Waals surface area contributed by atoms with Gasteiger partial charge in [0, 0.05) is 33.7 Å². The Morgan fingerprint density at radius 1 is 1.00 bits per heavy atom. The number of aliphatic carboxylic acids is 1. The quantitative estimate of drug-likeness (QED) is 0.456. The first-order valence-corrected chi connectivity index (χ1v) is 10.0. The molecule has 0 heterocycles. The second-order valence-electron chi connectivity index (χ2n) is 7.18. The zero-order valence-corrected chi connectivity index (χ0v) is 17.4. The van der Waals surface area contributed by atoms with Crippen molar-refractivity contribution in [2.45, 2.75) is 30.7 Å². The van der Waals surface area contributed by atoms with Crippen molar-refractivity contribution in [2.75, 3.05) is 20.8 Å². The van der Waals surface area contributed by atoms with Crippen molar-refractivity contribution in [1.29, 1.82) is 0 Å². The van der Waals surface area contributed by atoms with Gasteiger partial charge in [0.15, 0.2) is 5.79 Å². The first-order valence-electron chi connectivity index (χ1n) is 10.0. The normalized spacial score (nSPS) is 15.6. The molecule has 0 amide bonds. The fraction of sp³-hybridized carbons (Fsp3) is 0.320. The maximum Gasteiger partial charge on any atom is 0.303 e. The van der Waals surface area contributed by atoms with Crippen molar-refractivity contribution in [3.63, 3.8) is 0 Å². The first kappa shape index (κ1) is 22.0. The van der Waals surface area contributed by atoms with Crippen LogP contribution in [0.25, 0.3) is 0 Å². The minimum absolute atomic E-state index is 0.0605. The number of rotatable bonds is 10. The topological polar surface area (TPSA) is 65.0 Å². The lowest BCUT2D eigenvalue weighted by atomic mass is 9.77. The maximum atomic E-state index is 11.0. The molecule has 0 aromatic heterocycles. The predicted octanol–water partition coefficient (Wildman–Crippen LogP) is 4.69. The molecule has 2 aromatic rings. The van der Waals surface area contributed by atoms with Crippen LogP contribution in [0.1, 0.15) is 30.4 Å². The second-order valence-corrected chi connectivity index (χ2v) is 7.18. The van der Waals surface area contributed by atoms with Gasteiger partial charge in [-0.3, -0.25) is 4.79 Å². The molecule has 2 aromatic carbocycles. The van der Waals surface area contributed by atoms with Gasteiger partial charge in [0.05, 0.1) is 0 Å². The zero-order chi connectivity index (χ0) is 21.5. The van der Waals surface area contributed by atoms with E-state index in [2.05, 4.69) is 6.08 Å². The van der Waals surface area contributed by atoms with E-state index in [1.165, 1.54) is 0 Å². The number of carboxylic acid groups (broad SMARTS) is 1. The number of hydrogen-bond acceptors (Lipinski definition) is 4. The van der Waals surface area contributed by atoms with Crippen LogP contribution < -0.4 is 0 Å². The van der Waals surface area contributed by atoms with Crippen molar-refractivity contribution in [3.8, 4) is 0 Å². The van der Waals surface area contributed by atoms with Gasteiger partial charge in [0.1, 0.15) is 5.60 Å². The summed E-state index contributed by atoms with van der Waals surface area (Å²) in [7, 11) is 3.24. The third-order valence-corrected chi connectivity index (χ3v) is 5.44. The van der Waals surface area contributed by atoms with Crippen molar-refractivity contribution >= 4 is 5.97 Å². The second kappa shape index (κ2) is 9.85. The Morgan fingerprint density at radius 2 is 1.57 bits per heavy atom. The molecule has 5 heteroatoms. The summed E-state index contributed by atoms with van der Waals surface area (Å²) in [6.45, 7) is 0.307. The molecule has 0 fully saturated rings. The Bertz CT molecular complexity index is 843. The fourth-order valence-electron chi connectivity index (χ4n) is 3.80. The molecule has 0 spiro atoms. The number of carboxylic acids is 1. The van der Waals surface area contributed by atoms with Gasteiger partial charge in [0.25, 0.3) is 0 Å². The standard InChI is InChI=1S/C25H28O5/c1-28-24(29-2)17-15-22(16-18-24)25(20-10-5-3-6-11-20,21-12-7-4-8-13-21)30-19-9-14-23(26)27/h3-8,10-13,15-17H,9,14,18-19H2,1-2H3,(H,26,27). The molecule has 5 nitrogen and oxygen atoms in total. The lowest BCUT2D eigenvalue weighted by Crippen LogP contribution is -2.38. The fourth-order valence-corrected chi connectivity index (χ4v) is 3.80. The van der Waals surface area contributed by atoms with Gasteiger partial charge in [-0.25, -0.2) is 0 Å². The first-order chi connectivity index (χ1) is 14.6. The molecule has 0 saturated carbocycles. The summed E-state index contributed by atoms with van der Waals surface area (Å²) in [6, 6.07) is 20.0.